The molecule has 0 bridgehead atoms. The molecule has 7 heteroatoms. The van der Waals surface area contributed by atoms with E-state index in [1.165, 1.54) is 0 Å². The molecule has 1 aliphatic rings. The largest absolute Gasteiger partial charge is 0.283 e. The predicted molar refractivity (Wildman–Crippen MR) is 97.4 cm³/mol. The molecular formula is C18H18N4O2S. The van der Waals surface area contributed by atoms with Gasteiger partial charge in [0.2, 0.25) is 10.0 Å². The second kappa shape index (κ2) is 6.00. The number of nitrogens with zero attached hydrogens (tertiary/aromatic N) is 3. The average molecular weight is 354 g/mol. The molecule has 4 rings (SSSR count). The van der Waals surface area contributed by atoms with Crippen LogP contribution in [0.5, 0.6) is 0 Å². The minimum atomic E-state index is -3.24. The summed E-state index contributed by atoms with van der Waals surface area (Å²) in [6.45, 7) is 0. The Balaban J connectivity index is 1.65. The summed E-state index contributed by atoms with van der Waals surface area (Å²) in [5, 5.41) is 4.32. The number of aryl methyl sites for hydroxylation is 1. The summed E-state index contributed by atoms with van der Waals surface area (Å²) >= 11 is 0. The van der Waals surface area contributed by atoms with Crippen LogP contribution in [0.2, 0.25) is 0 Å². The molecule has 1 aromatic carbocycles. The Morgan fingerprint density at radius 2 is 1.72 bits per heavy atom. The van der Waals surface area contributed by atoms with Gasteiger partial charge in [-0.2, -0.15) is 5.10 Å². The number of anilines is 1. The fraction of sp³-hybridized carbons (Fsp3) is 0.222. The summed E-state index contributed by atoms with van der Waals surface area (Å²) in [6, 6.07) is 11.2. The number of sulfonamides is 1. The minimum absolute atomic E-state index is 0.233. The number of nitrogens with one attached hydrogen (secondary N) is 1. The molecule has 0 amide bonds. The van der Waals surface area contributed by atoms with Gasteiger partial charge in [-0.15, -0.1) is 0 Å². The van der Waals surface area contributed by atoms with Crippen LogP contribution in [-0.2, 0) is 17.1 Å². The SMILES string of the molecule is Cn1cc(-c2ccc(NS(=O)(=O)C3CC3)cc2)c(-c2ccncc2)n1. The van der Waals surface area contributed by atoms with Gasteiger partial charge in [0, 0.05) is 42.5 Å². The van der Waals surface area contributed by atoms with E-state index in [-0.39, 0.29) is 5.25 Å². The Bertz CT molecular complexity index is 991. The van der Waals surface area contributed by atoms with Crippen LogP contribution in [0.4, 0.5) is 5.69 Å². The van der Waals surface area contributed by atoms with E-state index in [2.05, 4.69) is 14.8 Å². The van der Waals surface area contributed by atoms with Gasteiger partial charge in [0.1, 0.15) is 5.69 Å². The molecule has 0 aliphatic heterocycles. The molecule has 2 heterocycles. The van der Waals surface area contributed by atoms with Crippen molar-refractivity contribution in [3.05, 3.63) is 55.0 Å². The monoisotopic (exact) mass is 354 g/mol. The number of pyridine rings is 1. The molecule has 3 aromatic rings. The quantitative estimate of drug-likeness (QED) is 0.764. The summed E-state index contributed by atoms with van der Waals surface area (Å²) in [5.74, 6) is 0. The highest BCUT2D eigenvalue weighted by molar-refractivity contribution is 7.93. The van der Waals surface area contributed by atoms with Gasteiger partial charge in [0.15, 0.2) is 0 Å². The van der Waals surface area contributed by atoms with Crippen molar-refractivity contribution in [3.8, 4) is 22.4 Å². The van der Waals surface area contributed by atoms with Crippen molar-refractivity contribution in [2.45, 2.75) is 18.1 Å². The van der Waals surface area contributed by atoms with E-state index in [0.29, 0.717) is 5.69 Å². The maximum Gasteiger partial charge on any atom is 0.235 e. The normalized spacial score (nSPS) is 14.4. The molecule has 6 nitrogen and oxygen atoms in total. The first-order valence-corrected chi connectivity index (χ1v) is 9.64. The van der Waals surface area contributed by atoms with Crippen molar-refractivity contribution in [2.24, 2.45) is 7.05 Å². The lowest BCUT2D eigenvalue weighted by Gasteiger charge is -2.08. The Hall–Kier alpha value is -2.67. The zero-order valence-electron chi connectivity index (χ0n) is 13.8. The van der Waals surface area contributed by atoms with E-state index in [0.717, 1.165) is 35.2 Å². The molecule has 25 heavy (non-hydrogen) atoms. The smallest absolute Gasteiger partial charge is 0.235 e. The van der Waals surface area contributed by atoms with Gasteiger partial charge in [0.25, 0.3) is 0 Å². The Kier molecular flexibility index (Phi) is 3.80. The summed E-state index contributed by atoms with van der Waals surface area (Å²) in [6.07, 6.45) is 6.93. The number of hydrogen-bond donors (Lipinski definition) is 1. The standard InChI is InChI=1S/C18H18N4O2S/c1-22-12-17(18(20-22)14-8-10-19-11-9-14)13-2-4-15(5-3-13)21-25(23,24)16-6-7-16/h2-5,8-12,16,21H,6-7H2,1H3. The summed E-state index contributed by atoms with van der Waals surface area (Å²) < 4.78 is 28.5. The molecule has 0 saturated heterocycles. The lowest BCUT2D eigenvalue weighted by Crippen LogP contribution is -2.17. The zero-order chi connectivity index (χ0) is 17.4. The van der Waals surface area contributed by atoms with Gasteiger partial charge in [-0.25, -0.2) is 8.42 Å². The van der Waals surface area contributed by atoms with Crippen LogP contribution in [-0.4, -0.2) is 28.4 Å². The van der Waals surface area contributed by atoms with Crippen LogP contribution < -0.4 is 4.72 Å². The Labute approximate surface area is 146 Å². The van der Waals surface area contributed by atoms with Gasteiger partial charge in [-0.1, -0.05) is 12.1 Å². The third-order valence-electron chi connectivity index (χ3n) is 4.20. The second-order valence-electron chi connectivity index (χ2n) is 6.22. The summed E-state index contributed by atoms with van der Waals surface area (Å²) in [7, 11) is -1.36. The topological polar surface area (TPSA) is 76.9 Å². The zero-order valence-corrected chi connectivity index (χ0v) is 14.6. The predicted octanol–water partition coefficient (Wildman–Crippen LogP) is 3.05. The molecule has 1 aliphatic carbocycles. The molecule has 2 aromatic heterocycles. The minimum Gasteiger partial charge on any atom is -0.283 e. The first kappa shape index (κ1) is 15.8. The van der Waals surface area contributed by atoms with Crippen molar-refractivity contribution in [1.82, 2.24) is 14.8 Å². The number of aromatic nitrogens is 3. The Morgan fingerprint density at radius 3 is 2.36 bits per heavy atom. The molecule has 0 radical (unpaired) electrons. The number of benzene rings is 1. The van der Waals surface area contributed by atoms with Gasteiger partial charge < -0.3 is 0 Å². The van der Waals surface area contributed by atoms with E-state index < -0.39 is 10.0 Å². The van der Waals surface area contributed by atoms with Crippen LogP contribution in [0.25, 0.3) is 22.4 Å². The van der Waals surface area contributed by atoms with Crippen molar-refractivity contribution in [1.29, 1.82) is 0 Å². The maximum atomic E-state index is 12.0. The number of hydrogen-bond acceptors (Lipinski definition) is 4. The fourth-order valence-corrected chi connectivity index (χ4v) is 4.15. The van der Waals surface area contributed by atoms with Crippen molar-refractivity contribution >= 4 is 15.7 Å². The maximum absolute atomic E-state index is 12.0. The van der Waals surface area contributed by atoms with E-state index >= 15 is 0 Å². The highest BCUT2D eigenvalue weighted by Crippen LogP contribution is 2.33. The molecule has 1 saturated carbocycles. The summed E-state index contributed by atoms with van der Waals surface area (Å²) in [4.78, 5) is 4.05. The van der Waals surface area contributed by atoms with Crippen molar-refractivity contribution in [3.63, 3.8) is 0 Å². The molecule has 0 spiro atoms. The third-order valence-corrected chi connectivity index (χ3v) is 6.07. The van der Waals surface area contributed by atoms with Gasteiger partial charge in [-0.05, 0) is 42.7 Å². The van der Waals surface area contributed by atoms with Crippen LogP contribution >= 0.6 is 0 Å². The Morgan fingerprint density at radius 1 is 1.04 bits per heavy atom. The summed E-state index contributed by atoms with van der Waals surface area (Å²) in [5.41, 5.74) is 4.42. The fourth-order valence-electron chi connectivity index (χ4n) is 2.77. The van der Waals surface area contributed by atoms with Crippen LogP contribution in [0.3, 0.4) is 0 Å². The van der Waals surface area contributed by atoms with E-state index in [1.54, 1.807) is 29.2 Å². The third kappa shape index (κ3) is 3.28. The number of rotatable bonds is 5. The second-order valence-corrected chi connectivity index (χ2v) is 8.19. The van der Waals surface area contributed by atoms with Gasteiger partial charge >= 0.3 is 0 Å². The molecule has 0 unspecified atom stereocenters. The van der Waals surface area contributed by atoms with Gasteiger partial charge in [-0.3, -0.25) is 14.4 Å². The van der Waals surface area contributed by atoms with Crippen LogP contribution in [0.1, 0.15) is 12.8 Å². The highest BCUT2D eigenvalue weighted by atomic mass is 32.2. The average Bonchev–Trinajstić information content (AvgIpc) is 3.40. The molecule has 0 atom stereocenters. The van der Waals surface area contributed by atoms with Gasteiger partial charge in [0.05, 0.1) is 5.25 Å². The first-order chi connectivity index (χ1) is 12.0. The first-order valence-electron chi connectivity index (χ1n) is 8.09. The van der Waals surface area contributed by atoms with E-state index in [9.17, 15) is 8.42 Å². The van der Waals surface area contributed by atoms with Crippen LogP contribution in [0.15, 0.2) is 55.0 Å². The lowest BCUT2D eigenvalue weighted by atomic mass is 10.0. The van der Waals surface area contributed by atoms with Crippen LogP contribution in [0, 0.1) is 0 Å². The molecular weight excluding hydrogens is 336 g/mol. The van der Waals surface area contributed by atoms with Crippen molar-refractivity contribution < 1.29 is 8.42 Å². The highest BCUT2D eigenvalue weighted by Gasteiger charge is 2.35. The van der Waals surface area contributed by atoms with E-state index in [1.807, 2.05) is 37.5 Å². The van der Waals surface area contributed by atoms with Crippen molar-refractivity contribution in [2.75, 3.05) is 4.72 Å². The lowest BCUT2D eigenvalue weighted by molar-refractivity contribution is 0.600. The van der Waals surface area contributed by atoms with E-state index in [4.69, 9.17) is 0 Å². The molecule has 128 valence electrons. The molecule has 1 N–H and O–H groups in total. The molecule has 1 fully saturated rings.